The topological polar surface area (TPSA) is 90.9 Å². The zero-order valence-corrected chi connectivity index (χ0v) is 16.8. The van der Waals surface area contributed by atoms with Crippen LogP contribution in [0.5, 0.6) is 0 Å². The zero-order chi connectivity index (χ0) is 20.8. The van der Waals surface area contributed by atoms with Crippen molar-refractivity contribution in [2.24, 2.45) is 5.92 Å². The van der Waals surface area contributed by atoms with Crippen LogP contribution < -0.4 is 4.90 Å². The van der Waals surface area contributed by atoms with Gasteiger partial charge in [0.25, 0.3) is 5.91 Å². The first-order chi connectivity index (χ1) is 14.5. The van der Waals surface area contributed by atoms with Crippen LogP contribution in [-0.4, -0.2) is 61.9 Å². The van der Waals surface area contributed by atoms with Crippen molar-refractivity contribution >= 4 is 11.9 Å². The Morgan fingerprint density at radius 1 is 1.20 bits per heavy atom. The average molecular weight is 407 g/mol. The summed E-state index contributed by atoms with van der Waals surface area (Å²) in [6.45, 7) is 6.14. The molecule has 2 aromatic heterocycles. The number of aromatic amines is 1. The van der Waals surface area contributed by atoms with E-state index in [4.69, 9.17) is 0 Å². The summed E-state index contributed by atoms with van der Waals surface area (Å²) in [6, 6.07) is 6.55. The van der Waals surface area contributed by atoms with Crippen molar-refractivity contribution in [3.05, 3.63) is 53.2 Å². The smallest absolute Gasteiger partial charge is 0.254 e. The van der Waals surface area contributed by atoms with Gasteiger partial charge in [-0.05, 0) is 38.5 Å². The number of likely N-dealkylation sites (tertiary alicyclic amines) is 1. The maximum atomic E-state index is 14.6. The molecule has 154 valence electrons. The molecule has 0 radical (unpaired) electrons. The molecule has 2 aliphatic rings. The fourth-order valence-corrected chi connectivity index (χ4v) is 4.50. The highest BCUT2D eigenvalue weighted by Crippen LogP contribution is 2.36. The average Bonchev–Trinajstić information content (AvgIpc) is 3.22. The second kappa shape index (κ2) is 7.16. The lowest BCUT2D eigenvalue weighted by molar-refractivity contribution is 0.00771. The van der Waals surface area contributed by atoms with E-state index in [1.807, 2.05) is 24.8 Å². The van der Waals surface area contributed by atoms with Gasteiger partial charge < -0.3 is 9.80 Å². The molecular formula is C21H22FN7O. The molecule has 1 aromatic carbocycles. The highest BCUT2D eigenvalue weighted by Gasteiger charge is 2.46. The van der Waals surface area contributed by atoms with Gasteiger partial charge in [-0.2, -0.15) is 15.4 Å². The van der Waals surface area contributed by atoms with Crippen LogP contribution in [0.4, 0.5) is 10.3 Å². The highest BCUT2D eigenvalue weighted by molar-refractivity contribution is 6.01. The SMILES string of the molecule is Cc1cc(C)nc(N2CC[C@@H]3CN(C(=O)c4cccc(F)c4-c4cn[nH]n4)[C@@H]3C2)n1. The second-order valence-electron chi connectivity index (χ2n) is 7.99. The van der Waals surface area contributed by atoms with Crippen LogP contribution in [0.3, 0.4) is 0 Å². The summed E-state index contributed by atoms with van der Waals surface area (Å²) in [5.41, 5.74) is 2.67. The Balaban J connectivity index is 1.41. The Labute approximate surface area is 173 Å². The number of halogens is 1. The number of nitrogens with zero attached hydrogens (tertiary/aromatic N) is 6. The molecule has 4 heterocycles. The number of rotatable bonds is 3. The van der Waals surface area contributed by atoms with Crippen LogP contribution in [-0.2, 0) is 0 Å². The summed E-state index contributed by atoms with van der Waals surface area (Å²) < 4.78 is 14.6. The standard InChI is InChI=1S/C21H22FN7O/c1-12-8-13(2)25-21(24-12)28-7-6-14-10-29(18(14)11-28)20(30)15-4-3-5-16(22)19(15)17-9-23-27-26-17/h3-5,8-9,14,18H,6-7,10-11H2,1-2H3,(H,23,26,27)/t14-,18-/m1/s1. The van der Waals surface area contributed by atoms with Crippen molar-refractivity contribution in [3.8, 4) is 11.3 Å². The number of hydrogen-bond donors (Lipinski definition) is 1. The van der Waals surface area contributed by atoms with Gasteiger partial charge in [-0.3, -0.25) is 4.79 Å². The summed E-state index contributed by atoms with van der Waals surface area (Å²) in [6.07, 6.45) is 2.40. The Morgan fingerprint density at radius 3 is 2.73 bits per heavy atom. The van der Waals surface area contributed by atoms with Gasteiger partial charge in [0.05, 0.1) is 23.4 Å². The van der Waals surface area contributed by atoms with Crippen LogP contribution in [0.1, 0.15) is 28.2 Å². The molecule has 0 spiro atoms. The number of nitrogens with one attached hydrogen (secondary N) is 1. The van der Waals surface area contributed by atoms with E-state index in [9.17, 15) is 9.18 Å². The van der Waals surface area contributed by atoms with Gasteiger partial charge in [-0.1, -0.05) is 6.07 Å². The lowest BCUT2D eigenvalue weighted by Gasteiger charge is -2.53. The van der Waals surface area contributed by atoms with Gasteiger partial charge >= 0.3 is 0 Å². The third kappa shape index (κ3) is 3.10. The van der Waals surface area contributed by atoms with E-state index in [2.05, 4.69) is 30.3 Å². The van der Waals surface area contributed by atoms with Gasteiger partial charge in [0, 0.05) is 36.9 Å². The Hall–Kier alpha value is -3.36. The first-order valence-electron chi connectivity index (χ1n) is 10.0. The monoisotopic (exact) mass is 407 g/mol. The summed E-state index contributed by atoms with van der Waals surface area (Å²) in [5, 5.41) is 10.2. The van der Waals surface area contributed by atoms with Crippen molar-refractivity contribution in [2.75, 3.05) is 24.5 Å². The van der Waals surface area contributed by atoms with E-state index in [-0.39, 0.29) is 17.5 Å². The molecule has 0 saturated carbocycles. The van der Waals surface area contributed by atoms with Crippen LogP contribution in [0, 0.1) is 25.6 Å². The Morgan fingerprint density at radius 2 is 2.00 bits per heavy atom. The summed E-state index contributed by atoms with van der Waals surface area (Å²) in [5.74, 6) is 0.483. The minimum atomic E-state index is -0.485. The molecule has 0 bridgehead atoms. The van der Waals surface area contributed by atoms with Crippen molar-refractivity contribution in [3.63, 3.8) is 0 Å². The largest absolute Gasteiger partial charge is 0.339 e. The molecule has 2 aliphatic heterocycles. The molecule has 1 amide bonds. The van der Waals surface area contributed by atoms with Gasteiger partial charge in [0.2, 0.25) is 5.95 Å². The lowest BCUT2D eigenvalue weighted by Crippen LogP contribution is -2.66. The second-order valence-corrected chi connectivity index (χ2v) is 7.99. The van der Waals surface area contributed by atoms with Crippen molar-refractivity contribution in [1.82, 2.24) is 30.3 Å². The van der Waals surface area contributed by atoms with E-state index in [0.717, 1.165) is 24.4 Å². The predicted molar refractivity (Wildman–Crippen MR) is 108 cm³/mol. The number of aryl methyl sites for hydroxylation is 2. The molecule has 8 nitrogen and oxygen atoms in total. The molecule has 2 fully saturated rings. The molecule has 0 unspecified atom stereocenters. The molecule has 2 atom stereocenters. The van der Waals surface area contributed by atoms with Gasteiger partial charge in [-0.25, -0.2) is 14.4 Å². The number of anilines is 1. The third-order valence-electron chi connectivity index (χ3n) is 5.98. The third-order valence-corrected chi connectivity index (χ3v) is 5.98. The van der Waals surface area contributed by atoms with E-state index >= 15 is 0 Å². The van der Waals surface area contributed by atoms with E-state index in [1.165, 1.54) is 12.3 Å². The molecule has 3 aromatic rings. The summed E-state index contributed by atoms with van der Waals surface area (Å²) in [7, 11) is 0. The number of carbonyl (C=O) groups excluding carboxylic acids is 1. The molecule has 9 heteroatoms. The van der Waals surface area contributed by atoms with Gasteiger partial charge in [-0.15, -0.1) is 0 Å². The number of fused-ring (bicyclic) bond motifs is 1. The fraction of sp³-hybridized carbons (Fsp3) is 0.381. The van der Waals surface area contributed by atoms with Crippen LogP contribution in [0.15, 0.2) is 30.5 Å². The fourth-order valence-electron chi connectivity index (χ4n) is 4.50. The van der Waals surface area contributed by atoms with Crippen LogP contribution in [0.25, 0.3) is 11.3 Å². The minimum Gasteiger partial charge on any atom is -0.339 e. The molecule has 0 aliphatic carbocycles. The molecular weight excluding hydrogens is 385 g/mol. The number of H-pyrrole nitrogens is 1. The number of aromatic nitrogens is 5. The molecule has 5 rings (SSSR count). The van der Waals surface area contributed by atoms with Crippen LogP contribution >= 0.6 is 0 Å². The first-order valence-corrected chi connectivity index (χ1v) is 10.0. The zero-order valence-electron chi connectivity index (χ0n) is 16.8. The maximum absolute atomic E-state index is 14.6. The van der Waals surface area contributed by atoms with Crippen LogP contribution in [0.2, 0.25) is 0 Å². The van der Waals surface area contributed by atoms with E-state index in [1.54, 1.807) is 12.1 Å². The molecule has 2 saturated heterocycles. The normalized spacial score (nSPS) is 20.6. The van der Waals surface area contributed by atoms with Crippen molar-refractivity contribution < 1.29 is 9.18 Å². The first kappa shape index (κ1) is 18.7. The number of piperidine rings is 1. The Bertz CT molecular complexity index is 1080. The van der Waals surface area contributed by atoms with Crippen molar-refractivity contribution in [2.45, 2.75) is 26.3 Å². The number of amides is 1. The molecule has 30 heavy (non-hydrogen) atoms. The minimum absolute atomic E-state index is 0.0593. The van der Waals surface area contributed by atoms with Gasteiger partial charge in [0.1, 0.15) is 11.5 Å². The maximum Gasteiger partial charge on any atom is 0.254 e. The summed E-state index contributed by atoms with van der Waals surface area (Å²) in [4.78, 5) is 26.5. The number of hydrogen-bond acceptors (Lipinski definition) is 6. The van der Waals surface area contributed by atoms with Gasteiger partial charge in [0.15, 0.2) is 0 Å². The lowest BCUT2D eigenvalue weighted by atomic mass is 9.81. The predicted octanol–water partition coefficient (Wildman–Crippen LogP) is 2.37. The summed E-state index contributed by atoms with van der Waals surface area (Å²) >= 11 is 0. The molecule has 1 N–H and O–H groups in total. The Kier molecular flexibility index (Phi) is 4.45. The van der Waals surface area contributed by atoms with Crippen molar-refractivity contribution in [1.29, 1.82) is 0 Å². The highest BCUT2D eigenvalue weighted by atomic mass is 19.1. The number of benzene rings is 1. The van der Waals surface area contributed by atoms with E-state index in [0.29, 0.717) is 36.2 Å². The number of carbonyl (C=O) groups is 1. The van der Waals surface area contributed by atoms with E-state index < -0.39 is 5.82 Å². The quantitative estimate of drug-likeness (QED) is 0.717.